The standard InChI is InChI=1S/C15H20FN5O4S/c1-9-5-20(13-4-11(23)12(8-22)26-13)15(25)21(14(9)24)7-10-6-19(3-2-16)18-17-10/h5-6,11-13,22-23H,2-4,7-8H2,1H3/t11?,12-,13?/m1/s1. The van der Waals surface area contributed by atoms with Crippen molar-refractivity contribution < 1.29 is 14.6 Å². The number of nitrogens with zero attached hydrogens (tertiary/aromatic N) is 5. The molecule has 0 bridgehead atoms. The highest BCUT2D eigenvalue weighted by molar-refractivity contribution is 8.00. The first-order valence-corrected chi connectivity index (χ1v) is 9.10. The molecule has 0 radical (unpaired) electrons. The van der Waals surface area contributed by atoms with Crippen molar-refractivity contribution in [2.75, 3.05) is 13.3 Å². The van der Waals surface area contributed by atoms with Gasteiger partial charge in [0.2, 0.25) is 0 Å². The van der Waals surface area contributed by atoms with Crippen molar-refractivity contribution >= 4 is 11.8 Å². The summed E-state index contributed by atoms with van der Waals surface area (Å²) in [5, 5.41) is 26.2. The molecule has 1 aliphatic heterocycles. The summed E-state index contributed by atoms with van der Waals surface area (Å²) in [7, 11) is 0. The van der Waals surface area contributed by atoms with E-state index in [4.69, 9.17) is 0 Å². The van der Waals surface area contributed by atoms with Gasteiger partial charge in [-0.2, -0.15) is 0 Å². The van der Waals surface area contributed by atoms with Crippen molar-refractivity contribution in [2.45, 2.75) is 43.2 Å². The van der Waals surface area contributed by atoms with E-state index in [9.17, 15) is 24.2 Å². The van der Waals surface area contributed by atoms with E-state index in [2.05, 4.69) is 10.3 Å². The summed E-state index contributed by atoms with van der Waals surface area (Å²) in [6, 6.07) is 0. The first-order valence-electron chi connectivity index (χ1n) is 8.16. The van der Waals surface area contributed by atoms with E-state index in [1.165, 1.54) is 33.4 Å². The van der Waals surface area contributed by atoms with Crippen LogP contribution in [0.5, 0.6) is 0 Å². The predicted molar refractivity (Wildman–Crippen MR) is 92.9 cm³/mol. The summed E-state index contributed by atoms with van der Waals surface area (Å²) in [5.41, 5.74) is -0.206. The second kappa shape index (κ2) is 7.72. The third-order valence-electron chi connectivity index (χ3n) is 4.28. The molecular formula is C15H20FN5O4S. The van der Waals surface area contributed by atoms with Gasteiger partial charge in [-0.25, -0.2) is 13.9 Å². The van der Waals surface area contributed by atoms with Gasteiger partial charge in [0.05, 0.1) is 42.6 Å². The molecule has 26 heavy (non-hydrogen) atoms. The Morgan fingerprint density at radius 1 is 1.38 bits per heavy atom. The SMILES string of the molecule is Cc1cn(C2CC(O)[C@@H](CO)S2)c(=O)n(Cc2cn(CCF)nn2)c1=O. The van der Waals surface area contributed by atoms with Crippen molar-refractivity contribution in [3.63, 3.8) is 0 Å². The van der Waals surface area contributed by atoms with Crippen LogP contribution >= 0.6 is 11.8 Å². The average Bonchev–Trinajstić information content (AvgIpc) is 3.21. The average molecular weight is 385 g/mol. The molecule has 3 rings (SSSR count). The summed E-state index contributed by atoms with van der Waals surface area (Å²) < 4.78 is 16.1. The van der Waals surface area contributed by atoms with Gasteiger partial charge in [0.1, 0.15) is 12.4 Å². The van der Waals surface area contributed by atoms with Crippen LogP contribution in [0.25, 0.3) is 0 Å². The minimum absolute atomic E-state index is 0.0547. The third-order valence-corrected chi connectivity index (χ3v) is 5.83. The van der Waals surface area contributed by atoms with Gasteiger partial charge in [0.15, 0.2) is 0 Å². The summed E-state index contributed by atoms with van der Waals surface area (Å²) in [4.78, 5) is 25.2. The largest absolute Gasteiger partial charge is 0.395 e. The molecule has 142 valence electrons. The molecule has 1 aliphatic rings. The Balaban J connectivity index is 1.94. The lowest BCUT2D eigenvalue weighted by molar-refractivity contribution is 0.137. The lowest BCUT2D eigenvalue weighted by Crippen LogP contribution is -2.41. The van der Waals surface area contributed by atoms with Gasteiger partial charge < -0.3 is 10.2 Å². The van der Waals surface area contributed by atoms with Crippen molar-refractivity contribution in [1.82, 2.24) is 24.1 Å². The number of hydrogen-bond acceptors (Lipinski definition) is 7. The van der Waals surface area contributed by atoms with Crippen LogP contribution in [-0.4, -0.2) is 59.0 Å². The van der Waals surface area contributed by atoms with E-state index >= 15 is 0 Å². The normalized spacial score (nSPS) is 22.8. The first-order chi connectivity index (χ1) is 12.4. The zero-order chi connectivity index (χ0) is 18.8. The van der Waals surface area contributed by atoms with E-state index < -0.39 is 24.0 Å². The van der Waals surface area contributed by atoms with Gasteiger partial charge >= 0.3 is 5.69 Å². The van der Waals surface area contributed by atoms with E-state index in [1.807, 2.05) is 0 Å². The Labute approximate surface area is 152 Å². The monoisotopic (exact) mass is 385 g/mol. The molecule has 2 unspecified atom stereocenters. The van der Waals surface area contributed by atoms with Crippen LogP contribution in [0.4, 0.5) is 4.39 Å². The molecule has 0 amide bonds. The van der Waals surface area contributed by atoms with Gasteiger partial charge in [-0.05, 0) is 6.92 Å². The number of hydrogen-bond donors (Lipinski definition) is 2. The first kappa shape index (κ1) is 18.8. The van der Waals surface area contributed by atoms with Crippen LogP contribution in [0.3, 0.4) is 0 Å². The zero-order valence-corrected chi connectivity index (χ0v) is 15.0. The predicted octanol–water partition coefficient (Wildman–Crippen LogP) is -0.715. The van der Waals surface area contributed by atoms with E-state index in [0.717, 1.165) is 4.57 Å². The smallest absolute Gasteiger partial charge is 0.332 e. The number of aliphatic hydroxyl groups excluding tert-OH is 2. The number of thioether (sulfide) groups is 1. The van der Waals surface area contributed by atoms with E-state index in [-0.39, 0.29) is 30.3 Å². The maximum atomic E-state index is 12.8. The van der Waals surface area contributed by atoms with Crippen molar-refractivity contribution in [3.05, 3.63) is 44.5 Å². The van der Waals surface area contributed by atoms with Gasteiger partial charge in [0, 0.05) is 18.2 Å². The number of aryl methyl sites for hydroxylation is 2. The summed E-state index contributed by atoms with van der Waals surface area (Å²) >= 11 is 1.30. The lowest BCUT2D eigenvalue weighted by atomic mass is 10.2. The number of rotatable bonds is 6. The van der Waals surface area contributed by atoms with E-state index in [1.54, 1.807) is 6.92 Å². The zero-order valence-electron chi connectivity index (χ0n) is 14.2. The summed E-state index contributed by atoms with van der Waals surface area (Å²) in [5.74, 6) is 0. The Bertz CT molecular complexity index is 895. The number of alkyl halides is 1. The Morgan fingerprint density at radius 3 is 2.81 bits per heavy atom. The van der Waals surface area contributed by atoms with Gasteiger partial charge in [-0.1, -0.05) is 5.21 Å². The van der Waals surface area contributed by atoms with Crippen LogP contribution in [0.2, 0.25) is 0 Å². The van der Waals surface area contributed by atoms with Crippen LogP contribution < -0.4 is 11.2 Å². The summed E-state index contributed by atoms with van der Waals surface area (Å²) in [6.07, 6.45) is 2.56. The highest BCUT2D eigenvalue weighted by Crippen LogP contribution is 2.40. The molecule has 3 atom stereocenters. The summed E-state index contributed by atoms with van der Waals surface area (Å²) in [6.45, 7) is 0.809. The fourth-order valence-corrected chi connectivity index (χ4v) is 4.30. The number of aromatic nitrogens is 5. The second-order valence-corrected chi connectivity index (χ2v) is 7.59. The molecule has 2 N–H and O–H groups in total. The maximum Gasteiger partial charge on any atom is 0.332 e. The molecule has 0 spiro atoms. The molecule has 0 aliphatic carbocycles. The molecule has 1 saturated heterocycles. The third kappa shape index (κ3) is 3.60. The van der Waals surface area contributed by atoms with Crippen LogP contribution in [0.1, 0.15) is 23.1 Å². The highest BCUT2D eigenvalue weighted by Gasteiger charge is 2.35. The fourth-order valence-electron chi connectivity index (χ4n) is 2.92. The van der Waals surface area contributed by atoms with Gasteiger partial charge in [0.25, 0.3) is 5.56 Å². The second-order valence-electron chi connectivity index (χ2n) is 6.17. The molecule has 9 nitrogen and oxygen atoms in total. The molecule has 11 heteroatoms. The molecule has 0 saturated carbocycles. The Kier molecular flexibility index (Phi) is 5.58. The number of halogens is 1. The molecule has 2 aromatic rings. The highest BCUT2D eigenvalue weighted by atomic mass is 32.2. The number of aliphatic hydroxyl groups is 2. The molecule has 0 aromatic carbocycles. The van der Waals surface area contributed by atoms with Crippen molar-refractivity contribution in [3.8, 4) is 0 Å². The van der Waals surface area contributed by atoms with Gasteiger partial charge in [-0.3, -0.25) is 13.9 Å². The minimum Gasteiger partial charge on any atom is -0.395 e. The Hall–Kier alpha value is -1.98. The minimum atomic E-state index is -0.719. The van der Waals surface area contributed by atoms with Crippen molar-refractivity contribution in [1.29, 1.82) is 0 Å². The molecule has 3 heterocycles. The lowest BCUT2D eigenvalue weighted by Gasteiger charge is -2.16. The van der Waals surface area contributed by atoms with Crippen LogP contribution in [-0.2, 0) is 13.1 Å². The van der Waals surface area contributed by atoms with Crippen molar-refractivity contribution in [2.24, 2.45) is 0 Å². The van der Waals surface area contributed by atoms with Crippen LogP contribution in [0.15, 0.2) is 22.0 Å². The fraction of sp³-hybridized carbons (Fsp3) is 0.600. The van der Waals surface area contributed by atoms with Crippen LogP contribution in [0, 0.1) is 6.92 Å². The molecule has 1 fully saturated rings. The quantitative estimate of drug-likeness (QED) is 0.675. The Morgan fingerprint density at radius 2 is 2.15 bits per heavy atom. The topological polar surface area (TPSA) is 115 Å². The molecule has 2 aromatic heterocycles. The van der Waals surface area contributed by atoms with E-state index in [0.29, 0.717) is 17.7 Å². The maximum absolute atomic E-state index is 12.8. The van der Waals surface area contributed by atoms with Gasteiger partial charge in [-0.15, -0.1) is 16.9 Å². The molecular weight excluding hydrogens is 365 g/mol.